The van der Waals surface area contributed by atoms with Crippen molar-refractivity contribution in [3.05, 3.63) is 35.4 Å². The van der Waals surface area contributed by atoms with E-state index in [4.69, 9.17) is 0 Å². The fourth-order valence-electron chi connectivity index (χ4n) is 3.09. The Bertz CT molecular complexity index is 766. The number of hydrogen-bond acceptors (Lipinski definition) is 4. The van der Waals surface area contributed by atoms with Crippen LogP contribution in [0.2, 0.25) is 0 Å². The average Bonchev–Trinajstić information content (AvgIpc) is 2.57. The van der Waals surface area contributed by atoms with Crippen LogP contribution in [0.1, 0.15) is 24.1 Å². The SMILES string of the molecule is CCOC(=O)[C@@H]1[C@H](c2ccccc2C(F)(F)F)NC(=O)N(C)[C@]1(O)C(F)(F)F. The number of aliphatic hydroxyl groups is 1. The molecule has 2 N–H and O–H groups in total. The first-order valence-corrected chi connectivity index (χ1v) is 7.93. The number of alkyl halides is 6. The number of carbonyl (C=O) groups is 2. The summed E-state index contributed by atoms with van der Waals surface area (Å²) in [5, 5.41) is 12.3. The minimum atomic E-state index is -5.57. The Kier molecular flexibility index (Phi) is 5.57. The molecular formula is C16H16F6N2O4. The largest absolute Gasteiger partial charge is 0.466 e. The molecule has 0 spiro atoms. The van der Waals surface area contributed by atoms with Crippen molar-refractivity contribution in [3.8, 4) is 0 Å². The highest BCUT2D eigenvalue weighted by Crippen LogP contribution is 2.48. The molecule has 0 saturated carbocycles. The highest BCUT2D eigenvalue weighted by atomic mass is 19.4. The van der Waals surface area contributed by atoms with E-state index in [1.807, 2.05) is 5.32 Å². The van der Waals surface area contributed by atoms with Crippen molar-refractivity contribution in [1.29, 1.82) is 0 Å². The number of benzene rings is 1. The summed E-state index contributed by atoms with van der Waals surface area (Å²) in [7, 11) is 0.570. The maximum Gasteiger partial charge on any atom is 0.437 e. The lowest BCUT2D eigenvalue weighted by Gasteiger charge is -2.49. The molecule has 1 heterocycles. The lowest BCUT2D eigenvalue weighted by atomic mass is 9.79. The Hall–Kier alpha value is -2.50. The summed E-state index contributed by atoms with van der Waals surface area (Å²) >= 11 is 0. The normalized spacial score (nSPS) is 26.0. The second kappa shape index (κ2) is 7.15. The minimum Gasteiger partial charge on any atom is -0.466 e. The molecule has 1 saturated heterocycles. The minimum absolute atomic E-state index is 0.179. The van der Waals surface area contributed by atoms with Crippen LogP contribution in [0.25, 0.3) is 0 Å². The fraction of sp³-hybridized carbons (Fsp3) is 0.500. The molecule has 1 fully saturated rings. The number of halogens is 6. The number of carbonyl (C=O) groups excluding carboxylic acids is 2. The lowest BCUT2D eigenvalue weighted by Crippen LogP contribution is -2.73. The number of amides is 2. The van der Waals surface area contributed by atoms with Crippen LogP contribution in [-0.4, -0.2) is 47.6 Å². The van der Waals surface area contributed by atoms with Crippen LogP contribution < -0.4 is 5.32 Å². The number of esters is 1. The van der Waals surface area contributed by atoms with Gasteiger partial charge in [-0.15, -0.1) is 0 Å². The van der Waals surface area contributed by atoms with E-state index < -0.39 is 59.8 Å². The monoisotopic (exact) mass is 414 g/mol. The van der Waals surface area contributed by atoms with Gasteiger partial charge in [0.05, 0.1) is 18.2 Å². The second-order valence-electron chi connectivity index (χ2n) is 6.02. The van der Waals surface area contributed by atoms with Crippen LogP contribution in [0.4, 0.5) is 31.1 Å². The average molecular weight is 414 g/mol. The van der Waals surface area contributed by atoms with Crippen molar-refractivity contribution >= 4 is 12.0 Å². The summed E-state index contributed by atoms with van der Waals surface area (Å²) in [6, 6.07) is -0.145. The molecule has 1 aliphatic heterocycles. The van der Waals surface area contributed by atoms with Crippen molar-refractivity contribution in [2.75, 3.05) is 13.7 Å². The van der Waals surface area contributed by atoms with E-state index in [2.05, 4.69) is 4.74 Å². The van der Waals surface area contributed by atoms with Gasteiger partial charge in [-0.25, -0.2) is 4.79 Å². The molecule has 1 aliphatic rings. The molecule has 1 aromatic rings. The van der Waals surface area contributed by atoms with Crippen molar-refractivity contribution < 1.29 is 45.8 Å². The van der Waals surface area contributed by atoms with E-state index >= 15 is 0 Å². The predicted molar refractivity (Wildman–Crippen MR) is 81.6 cm³/mol. The number of nitrogens with zero attached hydrogens (tertiary/aromatic N) is 1. The summed E-state index contributed by atoms with van der Waals surface area (Å²) in [5.74, 6) is -4.23. The number of urea groups is 1. The third-order valence-electron chi connectivity index (χ3n) is 4.42. The summed E-state index contributed by atoms with van der Waals surface area (Å²) in [6.45, 7) is 0.878. The number of nitrogens with one attached hydrogen (secondary N) is 1. The van der Waals surface area contributed by atoms with E-state index in [9.17, 15) is 41.0 Å². The third-order valence-corrected chi connectivity index (χ3v) is 4.42. The van der Waals surface area contributed by atoms with E-state index in [0.717, 1.165) is 18.2 Å². The van der Waals surface area contributed by atoms with Gasteiger partial charge >= 0.3 is 24.4 Å². The second-order valence-corrected chi connectivity index (χ2v) is 6.02. The van der Waals surface area contributed by atoms with Gasteiger partial charge in [-0.3, -0.25) is 9.69 Å². The zero-order chi connectivity index (χ0) is 21.5. The number of hydrogen-bond donors (Lipinski definition) is 2. The van der Waals surface area contributed by atoms with Gasteiger partial charge in [0.2, 0.25) is 0 Å². The van der Waals surface area contributed by atoms with E-state index in [1.54, 1.807) is 0 Å². The van der Waals surface area contributed by atoms with E-state index in [-0.39, 0.29) is 4.90 Å². The van der Waals surface area contributed by atoms with Gasteiger partial charge in [-0.05, 0) is 18.6 Å². The maximum atomic E-state index is 13.7. The van der Waals surface area contributed by atoms with Gasteiger partial charge in [-0.2, -0.15) is 26.3 Å². The van der Waals surface area contributed by atoms with Crippen molar-refractivity contribution in [1.82, 2.24) is 10.2 Å². The molecule has 28 heavy (non-hydrogen) atoms. The summed E-state index contributed by atoms with van der Waals surface area (Å²) in [5.41, 5.74) is -6.26. The van der Waals surface area contributed by atoms with Crippen LogP contribution in [0.15, 0.2) is 24.3 Å². The molecule has 1 aromatic carbocycles. The van der Waals surface area contributed by atoms with Crippen molar-refractivity contribution in [3.63, 3.8) is 0 Å². The molecule has 156 valence electrons. The molecule has 0 unspecified atom stereocenters. The Labute approximate surface area is 155 Å². The zero-order valence-corrected chi connectivity index (χ0v) is 14.6. The molecule has 0 bridgehead atoms. The van der Waals surface area contributed by atoms with E-state index in [0.29, 0.717) is 13.1 Å². The summed E-state index contributed by atoms with van der Waals surface area (Å²) in [6.07, 6.45) is -10.6. The quantitative estimate of drug-likeness (QED) is 0.589. The van der Waals surface area contributed by atoms with Crippen LogP contribution >= 0.6 is 0 Å². The molecular weight excluding hydrogens is 398 g/mol. The molecule has 2 amide bonds. The molecule has 0 radical (unpaired) electrons. The Morgan fingerprint density at radius 3 is 2.32 bits per heavy atom. The highest BCUT2D eigenvalue weighted by molar-refractivity contribution is 5.83. The molecule has 6 nitrogen and oxygen atoms in total. The van der Waals surface area contributed by atoms with Gasteiger partial charge in [0.25, 0.3) is 5.72 Å². The maximum absolute atomic E-state index is 13.7. The number of rotatable bonds is 3. The van der Waals surface area contributed by atoms with Crippen LogP contribution in [-0.2, 0) is 15.7 Å². The fourth-order valence-corrected chi connectivity index (χ4v) is 3.09. The summed E-state index contributed by atoms with van der Waals surface area (Å²) < 4.78 is 85.8. The van der Waals surface area contributed by atoms with Crippen molar-refractivity contribution in [2.24, 2.45) is 5.92 Å². The topological polar surface area (TPSA) is 78.9 Å². The Balaban J connectivity index is 2.75. The summed E-state index contributed by atoms with van der Waals surface area (Å²) in [4.78, 5) is 24.2. The zero-order valence-electron chi connectivity index (χ0n) is 14.6. The van der Waals surface area contributed by atoms with Crippen LogP contribution in [0, 0.1) is 5.92 Å². The first-order chi connectivity index (χ1) is 12.8. The Morgan fingerprint density at radius 1 is 1.25 bits per heavy atom. The van der Waals surface area contributed by atoms with Crippen LogP contribution in [0.5, 0.6) is 0 Å². The smallest absolute Gasteiger partial charge is 0.437 e. The van der Waals surface area contributed by atoms with Crippen molar-refractivity contribution in [2.45, 2.75) is 31.0 Å². The van der Waals surface area contributed by atoms with Gasteiger partial charge in [0.1, 0.15) is 5.92 Å². The highest BCUT2D eigenvalue weighted by Gasteiger charge is 2.70. The molecule has 0 aromatic heterocycles. The molecule has 12 heteroatoms. The molecule has 2 rings (SSSR count). The first-order valence-electron chi connectivity index (χ1n) is 7.93. The van der Waals surface area contributed by atoms with Crippen LogP contribution in [0.3, 0.4) is 0 Å². The predicted octanol–water partition coefficient (Wildman–Crippen LogP) is 2.83. The first kappa shape index (κ1) is 21.8. The third kappa shape index (κ3) is 3.48. The molecule has 0 aliphatic carbocycles. The number of ether oxygens (including phenoxy) is 1. The standard InChI is InChI=1S/C16H16F6N2O4/c1-3-28-12(25)10-11(8-6-4-5-7-9(8)15(17,18)19)23-13(26)24(2)14(10,27)16(20,21)22/h4-7,10-11,27H,3H2,1-2H3,(H,23,26)/t10-,11-,14+/m0/s1. The van der Waals surface area contributed by atoms with E-state index in [1.165, 1.54) is 6.92 Å². The Morgan fingerprint density at radius 2 is 1.82 bits per heavy atom. The van der Waals surface area contributed by atoms with Gasteiger partial charge in [-0.1, -0.05) is 18.2 Å². The van der Waals surface area contributed by atoms with Gasteiger partial charge in [0, 0.05) is 7.05 Å². The van der Waals surface area contributed by atoms with Gasteiger partial charge in [0.15, 0.2) is 0 Å². The molecule has 3 atom stereocenters. The van der Waals surface area contributed by atoms with Gasteiger partial charge < -0.3 is 15.2 Å². The lowest BCUT2D eigenvalue weighted by molar-refractivity contribution is -0.328.